The van der Waals surface area contributed by atoms with Gasteiger partial charge in [0.25, 0.3) is 5.91 Å². The van der Waals surface area contributed by atoms with Crippen molar-refractivity contribution in [1.82, 2.24) is 9.88 Å². The van der Waals surface area contributed by atoms with Gasteiger partial charge in [0.05, 0.1) is 11.3 Å². The molecular formula is C21H19N3O3S. The van der Waals surface area contributed by atoms with Crippen LogP contribution in [-0.4, -0.2) is 33.4 Å². The van der Waals surface area contributed by atoms with Crippen LogP contribution in [0.4, 0.5) is 5.13 Å². The molecule has 0 aliphatic carbocycles. The summed E-state index contributed by atoms with van der Waals surface area (Å²) < 4.78 is 0. The maximum Gasteiger partial charge on any atom is 0.335 e. The first-order valence-corrected chi connectivity index (χ1v) is 9.80. The number of nitrogens with zero attached hydrogens (tertiary/aromatic N) is 2. The van der Waals surface area contributed by atoms with E-state index in [0.29, 0.717) is 10.7 Å². The zero-order chi connectivity index (χ0) is 19.5. The molecule has 0 atom stereocenters. The van der Waals surface area contributed by atoms with Crippen LogP contribution in [0.3, 0.4) is 0 Å². The van der Waals surface area contributed by atoms with Gasteiger partial charge in [-0.3, -0.25) is 15.0 Å². The molecule has 0 unspecified atom stereocenters. The van der Waals surface area contributed by atoms with E-state index in [9.17, 15) is 9.59 Å². The first kappa shape index (κ1) is 18.3. The average molecular weight is 393 g/mol. The van der Waals surface area contributed by atoms with Crippen LogP contribution in [0.25, 0.3) is 0 Å². The minimum absolute atomic E-state index is 0.153. The number of nitrogens with one attached hydrogen (secondary N) is 1. The smallest absolute Gasteiger partial charge is 0.335 e. The summed E-state index contributed by atoms with van der Waals surface area (Å²) in [6, 6.07) is 16.2. The molecule has 0 fully saturated rings. The molecule has 6 nitrogen and oxygen atoms in total. The molecule has 142 valence electrons. The molecule has 2 N–H and O–H groups in total. The molecule has 1 aliphatic heterocycles. The van der Waals surface area contributed by atoms with E-state index in [1.165, 1.54) is 46.0 Å². The highest BCUT2D eigenvalue weighted by Crippen LogP contribution is 2.29. The minimum Gasteiger partial charge on any atom is -0.478 e. The van der Waals surface area contributed by atoms with Crippen molar-refractivity contribution < 1.29 is 14.7 Å². The number of rotatable bonds is 5. The minimum atomic E-state index is -1.01. The normalized spacial score (nSPS) is 13.7. The molecule has 28 heavy (non-hydrogen) atoms. The predicted molar refractivity (Wildman–Crippen MR) is 108 cm³/mol. The molecule has 1 amide bonds. The Morgan fingerprint density at radius 1 is 1.07 bits per heavy atom. The number of fused-ring (bicyclic) bond motifs is 1. The molecule has 1 aromatic heterocycles. The maximum absolute atomic E-state index is 12.4. The number of carbonyl (C=O) groups excluding carboxylic acids is 1. The predicted octanol–water partition coefficient (Wildman–Crippen LogP) is 3.65. The van der Waals surface area contributed by atoms with Crippen LogP contribution in [-0.2, 0) is 19.5 Å². The Morgan fingerprint density at radius 3 is 2.50 bits per heavy atom. The molecule has 0 saturated carbocycles. The maximum atomic E-state index is 12.4. The van der Waals surface area contributed by atoms with Crippen molar-refractivity contribution in [2.24, 2.45) is 0 Å². The summed E-state index contributed by atoms with van der Waals surface area (Å²) in [5, 5.41) is 12.4. The van der Waals surface area contributed by atoms with E-state index in [-0.39, 0.29) is 11.5 Å². The number of thiazole rings is 1. The largest absolute Gasteiger partial charge is 0.478 e. The summed E-state index contributed by atoms with van der Waals surface area (Å²) in [6.45, 7) is 2.66. The fourth-order valence-electron chi connectivity index (χ4n) is 3.21. The van der Waals surface area contributed by atoms with Gasteiger partial charge in [0.1, 0.15) is 0 Å². The van der Waals surface area contributed by atoms with Crippen LogP contribution in [0.15, 0.2) is 54.6 Å². The number of hydrogen-bond acceptors (Lipinski definition) is 5. The lowest BCUT2D eigenvalue weighted by Gasteiger charge is -2.25. The van der Waals surface area contributed by atoms with Crippen LogP contribution < -0.4 is 5.32 Å². The molecule has 2 aromatic carbocycles. The Labute approximate surface area is 166 Å². The number of carboxylic acids is 1. The van der Waals surface area contributed by atoms with Gasteiger partial charge in [-0.2, -0.15) is 0 Å². The van der Waals surface area contributed by atoms with Crippen molar-refractivity contribution in [2.45, 2.75) is 19.5 Å². The molecule has 2 heterocycles. The molecule has 0 radical (unpaired) electrons. The van der Waals surface area contributed by atoms with Gasteiger partial charge in [-0.05, 0) is 29.8 Å². The lowest BCUT2D eigenvalue weighted by molar-refractivity contribution is 0.0696. The number of benzene rings is 2. The molecule has 4 rings (SSSR count). The van der Waals surface area contributed by atoms with E-state index in [0.717, 1.165) is 31.7 Å². The van der Waals surface area contributed by atoms with Crippen LogP contribution >= 0.6 is 11.3 Å². The highest BCUT2D eigenvalue weighted by molar-refractivity contribution is 7.15. The first-order valence-electron chi connectivity index (χ1n) is 8.98. The third-order valence-corrected chi connectivity index (χ3v) is 5.67. The number of carboxylic acid groups (broad SMARTS) is 1. The summed E-state index contributed by atoms with van der Waals surface area (Å²) in [4.78, 5) is 31.5. The van der Waals surface area contributed by atoms with Gasteiger partial charge in [0, 0.05) is 36.5 Å². The monoisotopic (exact) mass is 393 g/mol. The van der Waals surface area contributed by atoms with E-state index < -0.39 is 5.97 Å². The standard InChI is InChI=1S/C21H19N3O3S/c25-19(15-6-8-16(9-7-15)20(26)27)23-21-22-17-10-11-24(13-18(17)28-21)12-14-4-2-1-3-5-14/h1-9H,10-13H2,(H,26,27)(H,22,23,25). The quantitative estimate of drug-likeness (QED) is 0.691. The molecule has 3 aromatic rings. The Kier molecular flexibility index (Phi) is 5.18. The molecule has 0 bridgehead atoms. The SMILES string of the molecule is O=C(O)c1ccc(C(=O)Nc2nc3c(s2)CN(Cc2ccccc2)CC3)cc1. The van der Waals surface area contributed by atoms with Gasteiger partial charge in [-0.15, -0.1) is 11.3 Å². The third kappa shape index (κ3) is 4.11. The second kappa shape index (κ2) is 7.92. The summed E-state index contributed by atoms with van der Waals surface area (Å²) >= 11 is 1.50. The number of carbonyl (C=O) groups is 2. The number of aromatic carboxylic acids is 1. The zero-order valence-corrected chi connectivity index (χ0v) is 15.9. The highest BCUT2D eigenvalue weighted by Gasteiger charge is 2.21. The highest BCUT2D eigenvalue weighted by atomic mass is 32.1. The van der Waals surface area contributed by atoms with Gasteiger partial charge < -0.3 is 5.11 Å². The van der Waals surface area contributed by atoms with E-state index in [2.05, 4.69) is 27.3 Å². The average Bonchev–Trinajstić information content (AvgIpc) is 3.10. The summed E-state index contributed by atoms with van der Waals surface area (Å²) in [6.07, 6.45) is 0.863. The summed E-state index contributed by atoms with van der Waals surface area (Å²) in [7, 11) is 0. The fourth-order valence-corrected chi connectivity index (χ4v) is 4.26. The van der Waals surface area contributed by atoms with Gasteiger partial charge in [0.15, 0.2) is 5.13 Å². The molecular weight excluding hydrogens is 374 g/mol. The van der Waals surface area contributed by atoms with Gasteiger partial charge in [-0.25, -0.2) is 9.78 Å². The second-order valence-electron chi connectivity index (χ2n) is 6.67. The van der Waals surface area contributed by atoms with Crippen molar-refractivity contribution in [3.8, 4) is 0 Å². The van der Waals surface area contributed by atoms with Crippen LogP contribution in [0.2, 0.25) is 0 Å². The fraction of sp³-hybridized carbons (Fsp3) is 0.190. The van der Waals surface area contributed by atoms with Crippen LogP contribution in [0.1, 0.15) is 36.9 Å². The van der Waals surface area contributed by atoms with Gasteiger partial charge in [-0.1, -0.05) is 30.3 Å². The lowest BCUT2D eigenvalue weighted by Crippen LogP contribution is -2.29. The van der Waals surface area contributed by atoms with Gasteiger partial charge in [0.2, 0.25) is 0 Å². The van der Waals surface area contributed by atoms with E-state index >= 15 is 0 Å². The molecule has 1 aliphatic rings. The molecule has 0 spiro atoms. The second-order valence-corrected chi connectivity index (χ2v) is 7.76. The van der Waals surface area contributed by atoms with E-state index in [1.807, 2.05) is 18.2 Å². The van der Waals surface area contributed by atoms with E-state index in [1.54, 1.807) is 0 Å². The summed E-state index contributed by atoms with van der Waals surface area (Å²) in [5.74, 6) is -1.30. The van der Waals surface area contributed by atoms with E-state index in [4.69, 9.17) is 5.11 Å². The Balaban J connectivity index is 1.41. The molecule has 0 saturated heterocycles. The number of anilines is 1. The van der Waals surface area contributed by atoms with Crippen molar-refractivity contribution in [3.63, 3.8) is 0 Å². The topological polar surface area (TPSA) is 82.5 Å². The Hall–Kier alpha value is -3.03. The lowest BCUT2D eigenvalue weighted by atomic mass is 10.1. The Morgan fingerprint density at radius 2 is 1.79 bits per heavy atom. The van der Waals surface area contributed by atoms with Crippen molar-refractivity contribution in [3.05, 3.63) is 81.9 Å². The third-order valence-electron chi connectivity index (χ3n) is 4.67. The van der Waals surface area contributed by atoms with Crippen LogP contribution in [0, 0.1) is 0 Å². The Bertz CT molecular complexity index is 999. The van der Waals surface area contributed by atoms with Crippen LogP contribution in [0.5, 0.6) is 0 Å². The zero-order valence-electron chi connectivity index (χ0n) is 15.1. The van der Waals surface area contributed by atoms with Crippen molar-refractivity contribution in [2.75, 3.05) is 11.9 Å². The first-order chi connectivity index (χ1) is 13.6. The summed E-state index contributed by atoms with van der Waals surface area (Å²) in [5.41, 5.74) is 2.89. The van der Waals surface area contributed by atoms with Crippen molar-refractivity contribution in [1.29, 1.82) is 0 Å². The number of hydrogen-bond donors (Lipinski definition) is 2. The van der Waals surface area contributed by atoms with Gasteiger partial charge >= 0.3 is 5.97 Å². The number of aromatic nitrogens is 1. The number of amides is 1. The molecule has 7 heteroatoms. The van der Waals surface area contributed by atoms with Crippen molar-refractivity contribution >= 4 is 28.3 Å².